The number of nitrogens with zero attached hydrogens (tertiary/aromatic N) is 2. The van der Waals surface area contributed by atoms with E-state index in [2.05, 4.69) is 16.8 Å². The lowest BCUT2D eigenvalue weighted by atomic mass is 10.1. The van der Waals surface area contributed by atoms with Gasteiger partial charge in [-0.2, -0.15) is 0 Å². The quantitative estimate of drug-likeness (QED) is 0.779. The van der Waals surface area contributed by atoms with Crippen LogP contribution < -0.4 is 5.73 Å². The zero-order valence-corrected chi connectivity index (χ0v) is 12.1. The van der Waals surface area contributed by atoms with Crippen molar-refractivity contribution in [2.45, 2.75) is 63.5 Å². The summed E-state index contributed by atoms with van der Waals surface area (Å²) in [5.41, 5.74) is 5.95. The number of hydrogen-bond acceptors (Lipinski definition) is 3. The number of piperidine rings is 1. The van der Waals surface area contributed by atoms with Crippen molar-refractivity contribution in [3.63, 3.8) is 0 Å². The van der Waals surface area contributed by atoms with E-state index in [-0.39, 0.29) is 0 Å². The van der Waals surface area contributed by atoms with Crippen LogP contribution in [0.5, 0.6) is 0 Å². The highest BCUT2D eigenvalue weighted by Gasteiger charge is 2.19. The molecule has 106 valence electrons. The van der Waals surface area contributed by atoms with E-state index < -0.39 is 0 Å². The Kier molecular flexibility index (Phi) is 5.93. The van der Waals surface area contributed by atoms with E-state index in [1.165, 1.54) is 77.5 Å². The standard InChI is InChI=1S/C15H31N3/c1-17(15-6-4-2-3-5-7-15)12-13-18-10-8-14(16)9-11-18/h14-15H,2-13,16H2,1H3. The fraction of sp³-hybridized carbons (Fsp3) is 1.00. The number of hydrogen-bond donors (Lipinski definition) is 1. The second-order valence-corrected chi connectivity index (χ2v) is 6.31. The summed E-state index contributed by atoms with van der Waals surface area (Å²) in [5.74, 6) is 0. The Morgan fingerprint density at radius 2 is 1.61 bits per heavy atom. The molecule has 1 heterocycles. The molecule has 1 saturated heterocycles. The normalized spacial score (nSPS) is 25.5. The van der Waals surface area contributed by atoms with Gasteiger partial charge in [0.1, 0.15) is 0 Å². The zero-order valence-electron chi connectivity index (χ0n) is 12.1. The predicted molar refractivity (Wildman–Crippen MR) is 77.8 cm³/mol. The second-order valence-electron chi connectivity index (χ2n) is 6.31. The van der Waals surface area contributed by atoms with Crippen LogP contribution in [0, 0.1) is 0 Å². The summed E-state index contributed by atoms with van der Waals surface area (Å²) >= 11 is 0. The largest absolute Gasteiger partial charge is 0.328 e. The molecule has 0 unspecified atom stereocenters. The molecule has 18 heavy (non-hydrogen) atoms. The zero-order chi connectivity index (χ0) is 12.8. The van der Waals surface area contributed by atoms with Crippen molar-refractivity contribution in [3.8, 4) is 0 Å². The molecular formula is C15H31N3. The van der Waals surface area contributed by atoms with Crippen LogP contribution in [-0.4, -0.2) is 55.1 Å². The van der Waals surface area contributed by atoms with Gasteiger partial charge < -0.3 is 15.5 Å². The minimum atomic E-state index is 0.459. The SMILES string of the molecule is CN(CCN1CCC(N)CC1)C1CCCCCC1. The van der Waals surface area contributed by atoms with E-state index in [0.717, 1.165) is 6.04 Å². The molecule has 1 aliphatic heterocycles. The second kappa shape index (κ2) is 7.46. The van der Waals surface area contributed by atoms with Gasteiger partial charge in [-0.3, -0.25) is 0 Å². The molecule has 2 aliphatic rings. The van der Waals surface area contributed by atoms with Crippen molar-refractivity contribution in [1.82, 2.24) is 9.80 Å². The molecule has 3 heteroatoms. The molecule has 0 spiro atoms. The molecule has 0 atom stereocenters. The van der Waals surface area contributed by atoms with Crippen LogP contribution in [-0.2, 0) is 0 Å². The van der Waals surface area contributed by atoms with Crippen LogP contribution in [0.4, 0.5) is 0 Å². The highest BCUT2D eigenvalue weighted by Crippen LogP contribution is 2.21. The Morgan fingerprint density at radius 3 is 2.22 bits per heavy atom. The third-order valence-corrected chi connectivity index (χ3v) is 4.85. The van der Waals surface area contributed by atoms with Gasteiger partial charge in [0.05, 0.1) is 0 Å². The molecular weight excluding hydrogens is 222 g/mol. The smallest absolute Gasteiger partial charge is 0.0109 e. The van der Waals surface area contributed by atoms with Crippen LogP contribution in [0.2, 0.25) is 0 Å². The maximum absolute atomic E-state index is 5.95. The minimum absolute atomic E-state index is 0.459. The van der Waals surface area contributed by atoms with E-state index in [9.17, 15) is 0 Å². The monoisotopic (exact) mass is 253 g/mol. The Labute approximate surface area is 113 Å². The lowest BCUT2D eigenvalue weighted by molar-refractivity contribution is 0.157. The Bertz CT molecular complexity index is 216. The molecule has 2 rings (SSSR count). The first kappa shape index (κ1) is 14.3. The van der Waals surface area contributed by atoms with Crippen LogP contribution >= 0.6 is 0 Å². The van der Waals surface area contributed by atoms with E-state index in [4.69, 9.17) is 5.73 Å². The Morgan fingerprint density at radius 1 is 1.00 bits per heavy atom. The van der Waals surface area contributed by atoms with Crippen molar-refractivity contribution >= 4 is 0 Å². The lowest BCUT2D eigenvalue weighted by Gasteiger charge is -2.33. The summed E-state index contributed by atoms with van der Waals surface area (Å²) in [5, 5.41) is 0. The van der Waals surface area contributed by atoms with Crippen LogP contribution in [0.25, 0.3) is 0 Å². The first-order chi connectivity index (χ1) is 8.75. The van der Waals surface area contributed by atoms with Crippen molar-refractivity contribution in [2.75, 3.05) is 33.2 Å². The molecule has 1 aliphatic carbocycles. The van der Waals surface area contributed by atoms with E-state index >= 15 is 0 Å². The summed E-state index contributed by atoms with van der Waals surface area (Å²) < 4.78 is 0. The summed E-state index contributed by atoms with van der Waals surface area (Å²) in [6, 6.07) is 1.31. The van der Waals surface area contributed by atoms with E-state index in [1.807, 2.05) is 0 Å². The fourth-order valence-corrected chi connectivity index (χ4v) is 3.36. The van der Waals surface area contributed by atoms with Gasteiger partial charge in [-0.25, -0.2) is 0 Å². The maximum atomic E-state index is 5.95. The third-order valence-electron chi connectivity index (χ3n) is 4.85. The molecule has 0 radical (unpaired) electrons. The molecule has 0 aromatic heterocycles. The third kappa shape index (κ3) is 4.52. The van der Waals surface area contributed by atoms with E-state index in [0.29, 0.717) is 6.04 Å². The summed E-state index contributed by atoms with van der Waals surface area (Å²) in [4.78, 5) is 5.20. The fourth-order valence-electron chi connectivity index (χ4n) is 3.36. The van der Waals surface area contributed by atoms with Crippen molar-refractivity contribution < 1.29 is 0 Å². The predicted octanol–water partition coefficient (Wildman–Crippen LogP) is 2.06. The van der Waals surface area contributed by atoms with Gasteiger partial charge in [-0.1, -0.05) is 25.7 Å². The molecule has 0 amide bonds. The first-order valence-electron chi connectivity index (χ1n) is 7.94. The summed E-state index contributed by atoms with van der Waals surface area (Å²) in [6.07, 6.45) is 11.0. The molecule has 2 fully saturated rings. The van der Waals surface area contributed by atoms with E-state index in [1.54, 1.807) is 0 Å². The Hall–Kier alpha value is -0.120. The number of likely N-dealkylation sites (N-methyl/N-ethyl adjacent to an activating group) is 1. The number of likely N-dealkylation sites (tertiary alicyclic amines) is 1. The average Bonchev–Trinajstić information content (AvgIpc) is 2.66. The highest BCUT2D eigenvalue weighted by atomic mass is 15.2. The molecule has 3 nitrogen and oxygen atoms in total. The van der Waals surface area contributed by atoms with Crippen LogP contribution in [0.15, 0.2) is 0 Å². The molecule has 2 N–H and O–H groups in total. The maximum Gasteiger partial charge on any atom is 0.0109 e. The number of nitrogens with two attached hydrogens (primary N) is 1. The van der Waals surface area contributed by atoms with Gasteiger partial charge >= 0.3 is 0 Å². The van der Waals surface area contributed by atoms with Gasteiger partial charge in [0.25, 0.3) is 0 Å². The minimum Gasteiger partial charge on any atom is -0.328 e. The van der Waals surface area contributed by atoms with Crippen LogP contribution in [0.1, 0.15) is 51.4 Å². The van der Waals surface area contributed by atoms with Gasteiger partial charge in [0.15, 0.2) is 0 Å². The molecule has 1 saturated carbocycles. The lowest BCUT2D eigenvalue weighted by Crippen LogP contribution is -2.44. The summed E-state index contributed by atoms with van der Waals surface area (Å²) in [7, 11) is 2.33. The highest BCUT2D eigenvalue weighted by molar-refractivity contribution is 4.77. The summed E-state index contributed by atoms with van der Waals surface area (Å²) in [6.45, 7) is 4.89. The van der Waals surface area contributed by atoms with Crippen LogP contribution in [0.3, 0.4) is 0 Å². The number of rotatable bonds is 4. The van der Waals surface area contributed by atoms with Crippen molar-refractivity contribution in [2.24, 2.45) is 5.73 Å². The first-order valence-corrected chi connectivity index (χ1v) is 7.94. The molecule has 0 aromatic rings. The molecule has 0 aromatic carbocycles. The Balaban J connectivity index is 1.65. The van der Waals surface area contributed by atoms with Crippen molar-refractivity contribution in [1.29, 1.82) is 0 Å². The molecule has 0 bridgehead atoms. The van der Waals surface area contributed by atoms with Crippen molar-refractivity contribution in [3.05, 3.63) is 0 Å². The average molecular weight is 253 g/mol. The topological polar surface area (TPSA) is 32.5 Å². The van der Waals surface area contributed by atoms with Gasteiger partial charge in [0, 0.05) is 25.2 Å². The van der Waals surface area contributed by atoms with Gasteiger partial charge in [0.2, 0.25) is 0 Å². The van der Waals surface area contributed by atoms with Gasteiger partial charge in [-0.15, -0.1) is 0 Å². The van der Waals surface area contributed by atoms with Gasteiger partial charge in [-0.05, 0) is 45.8 Å².